The summed E-state index contributed by atoms with van der Waals surface area (Å²) >= 11 is 3.43. The molecule has 1 fully saturated rings. The second-order valence-corrected chi connectivity index (χ2v) is 6.19. The summed E-state index contributed by atoms with van der Waals surface area (Å²) in [7, 11) is 1.62. The molecule has 5 heteroatoms. The molecular weight excluding hydrogens is 320 g/mol. The highest BCUT2D eigenvalue weighted by Crippen LogP contribution is 2.23. The lowest BCUT2D eigenvalue weighted by atomic mass is 10.00. The van der Waals surface area contributed by atoms with E-state index in [0.717, 1.165) is 35.2 Å². The van der Waals surface area contributed by atoms with Crippen molar-refractivity contribution in [2.24, 2.45) is 0 Å². The van der Waals surface area contributed by atoms with E-state index in [1.54, 1.807) is 7.11 Å². The summed E-state index contributed by atoms with van der Waals surface area (Å²) in [4.78, 5) is 12.2. The first kappa shape index (κ1) is 15.3. The predicted octanol–water partition coefficient (Wildman–Crippen LogP) is 2.26. The molecule has 0 aromatic heterocycles. The van der Waals surface area contributed by atoms with Crippen LogP contribution in [0.1, 0.15) is 25.3 Å². The Balaban J connectivity index is 1.95. The number of amides is 1. The monoisotopic (exact) mass is 340 g/mol. The number of nitrogens with one attached hydrogen (secondary N) is 2. The van der Waals surface area contributed by atoms with Crippen LogP contribution < -0.4 is 15.4 Å². The van der Waals surface area contributed by atoms with E-state index < -0.39 is 0 Å². The van der Waals surface area contributed by atoms with Crippen LogP contribution in [0.3, 0.4) is 0 Å². The van der Waals surface area contributed by atoms with E-state index in [1.165, 1.54) is 0 Å². The number of benzene rings is 1. The number of halogens is 1. The van der Waals surface area contributed by atoms with Gasteiger partial charge in [-0.15, -0.1) is 0 Å². The van der Waals surface area contributed by atoms with Gasteiger partial charge >= 0.3 is 0 Å². The number of rotatable bonds is 4. The third-order valence-corrected chi connectivity index (χ3v) is 4.08. The Labute approximate surface area is 128 Å². The second kappa shape index (κ2) is 7.09. The summed E-state index contributed by atoms with van der Waals surface area (Å²) in [5.41, 5.74) is 0.904. The lowest BCUT2D eigenvalue weighted by Gasteiger charge is -2.28. The van der Waals surface area contributed by atoms with Gasteiger partial charge in [0.25, 0.3) is 0 Å². The lowest BCUT2D eigenvalue weighted by Crippen LogP contribution is -2.46. The van der Waals surface area contributed by atoms with Crippen molar-refractivity contribution < 1.29 is 9.53 Å². The molecule has 2 N–H and O–H groups in total. The first-order valence-electron chi connectivity index (χ1n) is 6.93. The maximum Gasteiger partial charge on any atom is 0.224 e. The number of piperidine rings is 1. The molecule has 20 heavy (non-hydrogen) atoms. The van der Waals surface area contributed by atoms with Crippen LogP contribution in [-0.4, -0.2) is 31.6 Å². The normalized spacial score (nSPS) is 22.4. The summed E-state index contributed by atoms with van der Waals surface area (Å²) in [6.45, 7) is 3.11. The Hall–Kier alpha value is -1.07. The van der Waals surface area contributed by atoms with Gasteiger partial charge < -0.3 is 15.4 Å². The van der Waals surface area contributed by atoms with Crippen LogP contribution in [0, 0.1) is 0 Å². The molecule has 1 heterocycles. The number of carbonyl (C=O) groups is 1. The van der Waals surface area contributed by atoms with Gasteiger partial charge in [-0.25, -0.2) is 0 Å². The molecule has 1 aromatic rings. The van der Waals surface area contributed by atoms with Crippen LogP contribution >= 0.6 is 15.9 Å². The van der Waals surface area contributed by atoms with Crippen molar-refractivity contribution in [3.8, 4) is 5.75 Å². The van der Waals surface area contributed by atoms with Crippen molar-refractivity contribution in [1.29, 1.82) is 0 Å². The van der Waals surface area contributed by atoms with Gasteiger partial charge in [0.05, 0.1) is 13.5 Å². The molecule has 0 radical (unpaired) electrons. The van der Waals surface area contributed by atoms with E-state index in [1.807, 2.05) is 18.2 Å². The van der Waals surface area contributed by atoms with Gasteiger partial charge in [0.15, 0.2) is 0 Å². The fourth-order valence-corrected chi connectivity index (χ4v) is 3.01. The van der Waals surface area contributed by atoms with E-state index >= 15 is 0 Å². The van der Waals surface area contributed by atoms with E-state index in [0.29, 0.717) is 12.5 Å². The van der Waals surface area contributed by atoms with Crippen LogP contribution in [-0.2, 0) is 11.2 Å². The van der Waals surface area contributed by atoms with Crippen molar-refractivity contribution in [1.82, 2.24) is 10.6 Å². The number of carbonyl (C=O) groups excluding carboxylic acids is 1. The fraction of sp³-hybridized carbons (Fsp3) is 0.533. The Bertz CT molecular complexity index is 479. The Morgan fingerprint density at radius 1 is 1.55 bits per heavy atom. The molecule has 1 aromatic carbocycles. The minimum absolute atomic E-state index is 0.0560. The van der Waals surface area contributed by atoms with E-state index in [9.17, 15) is 4.79 Å². The van der Waals surface area contributed by atoms with Gasteiger partial charge in [-0.1, -0.05) is 15.9 Å². The highest BCUT2D eigenvalue weighted by atomic mass is 79.9. The van der Waals surface area contributed by atoms with Crippen molar-refractivity contribution in [3.63, 3.8) is 0 Å². The SMILES string of the molecule is COc1ccc(Br)cc1CC(=O)NC1CCNC(C)C1. The molecule has 1 saturated heterocycles. The van der Waals surface area contributed by atoms with E-state index in [2.05, 4.69) is 33.5 Å². The molecule has 2 rings (SSSR count). The van der Waals surface area contributed by atoms with Gasteiger partial charge in [-0.05, 0) is 44.5 Å². The zero-order valence-corrected chi connectivity index (χ0v) is 13.5. The molecule has 2 unspecified atom stereocenters. The van der Waals surface area contributed by atoms with Gasteiger partial charge in [0.1, 0.15) is 5.75 Å². The minimum atomic E-state index is 0.0560. The molecule has 1 aliphatic rings. The van der Waals surface area contributed by atoms with E-state index in [-0.39, 0.29) is 11.9 Å². The standard InChI is InChI=1S/C15H21BrN2O2/c1-10-7-13(5-6-17-10)18-15(19)9-11-8-12(16)3-4-14(11)20-2/h3-4,8,10,13,17H,5-7,9H2,1-2H3,(H,18,19). The van der Waals surface area contributed by atoms with Crippen LogP contribution in [0.4, 0.5) is 0 Å². The Morgan fingerprint density at radius 3 is 3.05 bits per heavy atom. The molecule has 0 spiro atoms. The van der Waals surface area contributed by atoms with Crippen LogP contribution in [0.25, 0.3) is 0 Å². The largest absolute Gasteiger partial charge is 0.496 e. The van der Waals surface area contributed by atoms with Crippen LogP contribution in [0.2, 0.25) is 0 Å². The molecule has 1 aliphatic heterocycles. The number of hydrogen-bond acceptors (Lipinski definition) is 3. The maximum atomic E-state index is 12.2. The highest BCUT2D eigenvalue weighted by molar-refractivity contribution is 9.10. The minimum Gasteiger partial charge on any atom is -0.496 e. The lowest BCUT2D eigenvalue weighted by molar-refractivity contribution is -0.121. The molecule has 0 bridgehead atoms. The molecule has 0 aliphatic carbocycles. The summed E-state index contributed by atoms with van der Waals surface area (Å²) in [5, 5.41) is 6.50. The van der Waals surface area contributed by atoms with Gasteiger partial charge in [-0.3, -0.25) is 4.79 Å². The Kier molecular flexibility index (Phi) is 5.43. The highest BCUT2D eigenvalue weighted by Gasteiger charge is 2.20. The van der Waals surface area contributed by atoms with E-state index in [4.69, 9.17) is 4.74 Å². The number of ether oxygens (including phenoxy) is 1. The molecule has 4 nitrogen and oxygen atoms in total. The average molecular weight is 341 g/mol. The zero-order valence-electron chi connectivity index (χ0n) is 11.9. The van der Waals surface area contributed by atoms with Crippen molar-refractivity contribution >= 4 is 21.8 Å². The summed E-state index contributed by atoms with van der Waals surface area (Å²) in [6.07, 6.45) is 2.33. The quantitative estimate of drug-likeness (QED) is 0.883. The molecule has 2 atom stereocenters. The van der Waals surface area contributed by atoms with Gasteiger partial charge in [-0.2, -0.15) is 0 Å². The third kappa shape index (κ3) is 4.21. The molecule has 0 saturated carbocycles. The van der Waals surface area contributed by atoms with Crippen molar-refractivity contribution in [2.45, 2.75) is 38.3 Å². The maximum absolute atomic E-state index is 12.2. The zero-order chi connectivity index (χ0) is 14.5. The number of methoxy groups -OCH3 is 1. The van der Waals surface area contributed by atoms with Crippen molar-refractivity contribution in [2.75, 3.05) is 13.7 Å². The first-order valence-corrected chi connectivity index (χ1v) is 7.73. The summed E-state index contributed by atoms with van der Waals surface area (Å²) < 4.78 is 6.25. The van der Waals surface area contributed by atoms with Gasteiger partial charge in [0.2, 0.25) is 5.91 Å². The number of hydrogen-bond donors (Lipinski definition) is 2. The molecular formula is C15H21BrN2O2. The summed E-state index contributed by atoms with van der Waals surface area (Å²) in [6, 6.07) is 6.46. The smallest absolute Gasteiger partial charge is 0.224 e. The van der Waals surface area contributed by atoms with Crippen LogP contribution in [0.5, 0.6) is 5.75 Å². The topological polar surface area (TPSA) is 50.4 Å². The molecule has 110 valence electrons. The Morgan fingerprint density at radius 2 is 2.35 bits per heavy atom. The fourth-order valence-electron chi connectivity index (χ4n) is 2.60. The van der Waals surface area contributed by atoms with Crippen molar-refractivity contribution in [3.05, 3.63) is 28.2 Å². The third-order valence-electron chi connectivity index (χ3n) is 3.58. The predicted molar refractivity (Wildman–Crippen MR) is 83.0 cm³/mol. The van der Waals surface area contributed by atoms with Crippen LogP contribution in [0.15, 0.2) is 22.7 Å². The first-order chi connectivity index (χ1) is 9.58. The molecule has 1 amide bonds. The average Bonchev–Trinajstić information content (AvgIpc) is 2.38. The summed E-state index contributed by atoms with van der Waals surface area (Å²) in [5.74, 6) is 0.808. The second-order valence-electron chi connectivity index (χ2n) is 5.28. The van der Waals surface area contributed by atoms with Gasteiger partial charge in [0, 0.05) is 22.1 Å².